The van der Waals surface area contributed by atoms with Crippen LogP contribution in [0.2, 0.25) is 0 Å². The average Bonchev–Trinajstić information content (AvgIpc) is 1.81. The Morgan fingerprint density at radius 2 is 1.92 bits per heavy atom. The highest BCUT2D eigenvalue weighted by molar-refractivity contribution is 5.76. The fourth-order valence-electron chi connectivity index (χ4n) is 0.531. The second kappa shape index (κ2) is 4.08. The second-order valence-corrected chi connectivity index (χ2v) is 3.50. The Labute approximate surface area is 76.2 Å². The van der Waals surface area contributed by atoms with E-state index in [1.807, 2.05) is 0 Å². The van der Waals surface area contributed by atoms with Crippen LogP contribution in [0, 0.1) is 0 Å². The third kappa shape index (κ3) is 5.92. The smallest absolute Gasteiger partial charge is 0.425 e. The molecule has 0 radical (unpaired) electrons. The molecule has 0 heterocycles. The summed E-state index contributed by atoms with van der Waals surface area (Å²) in [7, 11) is 0. The molecule has 3 N–H and O–H groups in total. The molecule has 13 heavy (non-hydrogen) atoms. The highest BCUT2D eigenvalue weighted by atomic mass is 16.6. The molecule has 0 aromatic rings. The van der Waals surface area contributed by atoms with Crippen molar-refractivity contribution in [2.45, 2.75) is 26.4 Å². The van der Waals surface area contributed by atoms with Gasteiger partial charge in [-0.05, 0) is 20.8 Å². The number of rotatable bonds is 2. The topological polar surface area (TPSA) is 92.9 Å². The summed E-state index contributed by atoms with van der Waals surface area (Å²) in [6.45, 7) is 4.42. The average molecular weight is 190 g/mol. The van der Waals surface area contributed by atoms with E-state index in [0.717, 1.165) is 0 Å². The van der Waals surface area contributed by atoms with Crippen LogP contribution in [0.25, 0.3) is 0 Å². The van der Waals surface area contributed by atoms with E-state index in [9.17, 15) is 9.59 Å². The first-order chi connectivity index (χ1) is 5.72. The molecule has 76 valence electrons. The molecule has 0 spiro atoms. The van der Waals surface area contributed by atoms with Gasteiger partial charge in [0.1, 0.15) is 12.1 Å². The number of amides is 1. The lowest BCUT2D eigenvalue weighted by Gasteiger charge is -2.23. The number of aliphatic carboxylic acids is 1. The zero-order valence-corrected chi connectivity index (χ0v) is 7.90. The van der Waals surface area contributed by atoms with Crippen molar-refractivity contribution in [3.63, 3.8) is 0 Å². The van der Waals surface area contributed by atoms with Crippen molar-refractivity contribution in [3.8, 4) is 0 Å². The number of carbonyl (C=O) groups excluding carboxylic acids is 1. The van der Waals surface area contributed by atoms with Gasteiger partial charge in [0.15, 0.2) is 0 Å². The number of hydrogen-bond donors (Lipinski definition) is 2. The standard InChI is InChI=1S/C7H14N2O4/c1-7(2,3)13-6(12)9(8)4-5(10)11/h4,8H2,1-3H3,(H,10,11). The van der Waals surface area contributed by atoms with Crippen molar-refractivity contribution in [3.05, 3.63) is 0 Å². The number of nitrogens with zero attached hydrogens (tertiary/aromatic N) is 1. The highest BCUT2D eigenvalue weighted by Gasteiger charge is 2.21. The fourth-order valence-corrected chi connectivity index (χ4v) is 0.531. The maximum absolute atomic E-state index is 11.0. The molecule has 0 aliphatic heterocycles. The van der Waals surface area contributed by atoms with Gasteiger partial charge >= 0.3 is 12.1 Å². The van der Waals surface area contributed by atoms with Crippen molar-refractivity contribution in [1.82, 2.24) is 5.01 Å². The molecule has 6 nitrogen and oxygen atoms in total. The van der Waals surface area contributed by atoms with Crippen LogP contribution in [-0.2, 0) is 9.53 Å². The Morgan fingerprint density at radius 3 is 2.23 bits per heavy atom. The summed E-state index contributed by atoms with van der Waals surface area (Å²) < 4.78 is 4.80. The first-order valence-corrected chi connectivity index (χ1v) is 3.69. The van der Waals surface area contributed by atoms with Crippen LogP contribution in [0.1, 0.15) is 20.8 Å². The van der Waals surface area contributed by atoms with Gasteiger partial charge < -0.3 is 9.84 Å². The van der Waals surface area contributed by atoms with Crippen molar-refractivity contribution in [2.24, 2.45) is 5.84 Å². The molecule has 0 unspecified atom stereocenters. The normalized spacial score (nSPS) is 10.8. The van der Waals surface area contributed by atoms with Crippen LogP contribution in [-0.4, -0.2) is 34.3 Å². The molecule has 0 fully saturated rings. The Kier molecular flexibility index (Phi) is 3.68. The lowest BCUT2D eigenvalue weighted by Crippen LogP contribution is -2.44. The number of hydrogen-bond acceptors (Lipinski definition) is 4. The zero-order chi connectivity index (χ0) is 10.6. The van der Waals surface area contributed by atoms with E-state index in [1.54, 1.807) is 20.8 Å². The van der Waals surface area contributed by atoms with Gasteiger partial charge in [0.05, 0.1) is 0 Å². The summed E-state index contributed by atoms with van der Waals surface area (Å²) in [5.74, 6) is 3.92. The molecular weight excluding hydrogens is 176 g/mol. The minimum Gasteiger partial charge on any atom is -0.480 e. The summed E-state index contributed by atoms with van der Waals surface area (Å²) in [6.07, 6.45) is -0.852. The minimum atomic E-state index is -1.19. The van der Waals surface area contributed by atoms with Crippen molar-refractivity contribution < 1.29 is 19.4 Å². The number of carboxylic acids is 1. The molecule has 0 aliphatic rings. The molecule has 6 heteroatoms. The van der Waals surface area contributed by atoms with Gasteiger partial charge in [0.25, 0.3) is 0 Å². The Bertz CT molecular complexity index is 209. The van der Waals surface area contributed by atoms with Gasteiger partial charge in [-0.1, -0.05) is 0 Å². The Balaban J connectivity index is 4.05. The predicted molar refractivity (Wildman–Crippen MR) is 44.8 cm³/mol. The maximum Gasteiger partial charge on any atom is 0.425 e. The third-order valence-electron chi connectivity index (χ3n) is 0.934. The van der Waals surface area contributed by atoms with E-state index in [1.165, 1.54) is 0 Å². The third-order valence-corrected chi connectivity index (χ3v) is 0.934. The van der Waals surface area contributed by atoms with Crippen LogP contribution >= 0.6 is 0 Å². The second-order valence-electron chi connectivity index (χ2n) is 3.50. The molecule has 0 saturated heterocycles. The van der Waals surface area contributed by atoms with Gasteiger partial charge in [-0.25, -0.2) is 15.6 Å². The SMILES string of the molecule is CC(C)(C)OC(=O)N(N)CC(=O)O. The van der Waals surface area contributed by atoms with Crippen LogP contribution in [0.15, 0.2) is 0 Å². The van der Waals surface area contributed by atoms with Crippen LogP contribution < -0.4 is 5.84 Å². The monoisotopic (exact) mass is 190 g/mol. The van der Waals surface area contributed by atoms with E-state index >= 15 is 0 Å². The van der Waals surface area contributed by atoms with E-state index in [0.29, 0.717) is 5.01 Å². The number of carboxylic acid groups (broad SMARTS) is 1. The summed E-state index contributed by atoms with van der Waals surface area (Å²) in [5.41, 5.74) is -0.673. The van der Waals surface area contributed by atoms with Crippen molar-refractivity contribution in [1.29, 1.82) is 0 Å². The van der Waals surface area contributed by atoms with Gasteiger partial charge in [-0.15, -0.1) is 0 Å². The van der Waals surface area contributed by atoms with Gasteiger partial charge in [0.2, 0.25) is 0 Å². The molecule has 1 amide bonds. The van der Waals surface area contributed by atoms with E-state index in [2.05, 4.69) is 0 Å². The molecule has 0 saturated carbocycles. The van der Waals surface area contributed by atoms with Crippen molar-refractivity contribution in [2.75, 3.05) is 6.54 Å². The maximum atomic E-state index is 11.0. The molecule has 0 aromatic carbocycles. The Hall–Kier alpha value is -1.30. The summed E-state index contributed by atoms with van der Waals surface area (Å²) in [6, 6.07) is 0. The van der Waals surface area contributed by atoms with E-state index in [4.69, 9.17) is 15.7 Å². The van der Waals surface area contributed by atoms with Crippen LogP contribution in [0.5, 0.6) is 0 Å². The first-order valence-electron chi connectivity index (χ1n) is 3.69. The van der Waals surface area contributed by atoms with E-state index < -0.39 is 24.2 Å². The van der Waals surface area contributed by atoms with Crippen LogP contribution in [0.3, 0.4) is 0 Å². The van der Waals surface area contributed by atoms with Gasteiger partial charge in [-0.2, -0.15) is 0 Å². The Morgan fingerprint density at radius 1 is 1.46 bits per heavy atom. The zero-order valence-electron chi connectivity index (χ0n) is 7.90. The lowest BCUT2D eigenvalue weighted by molar-refractivity contribution is -0.138. The largest absolute Gasteiger partial charge is 0.480 e. The quantitative estimate of drug-likeness (QED) is 0.368. The number of hydrazine groups is 1. The summed E-state index contributed by atoms with van der Waals surface area (Å²) in [4.78, 5) is 21.2. The molecule has 0 bridgehead atoms. The highest BCUT2D eigenvalue weighted by Crippen LogP contribution is 2.07. The van der Waals surface area contributed by atoms with Crippen molar-refractivity contribution >= 4 is 12.1 Å². The number of nitrogens with two attached hydrogens (primary N) is 1. The predicted octanol–water partition coefficient (Wildman–Crippen LogP) is 0.182. The van der Waals surface area contributed by atoms with Gasteiger partial charge in [-0.3, -0.25) is 4.79 Å². The van der Waals surface area contributed by atoms with Gasteiger partial charge in [0, 0.05) is 0 Å². The van der Waals surface area contributed by atoms with E-state index in [-0.39, 0.29) is 0 Å². The van der Waals surface area contributed by atoms with Crippen LogP contribution in [0.4, 0.5) is 4.79 Å². The molecule has 0 rings (SSSR count). The summed E-state index contributed by atoms with van der Waals surface area (Å²) >= 11 is 0. The molecular formula is C7H14N2O4. The fraction of sp³-hybridized carbons (Fsp3) is 0.714. The molecule has 0 aliphatic carbocycles. The lowest BCUT2D eigenvalue weighted by atomic mass is 10.2. The molecule has 0 atom stereocenters. The first kappa shape index (κ1) is 11.7. The summed E-state index contributed by atoms with van der Waals surface area (Å²) in [5, 5.41) is 8.81. The molecule has 0 aromatic heterocycles. The number of ether oxygens (including phenoxy) is 1. The number of carbonyl (C=O) groups is 2. The minimum absolute atomic E-state index is 0.508.